The molecule has 0 aliphatic rings. The molecule has 13 heavy (non-hydrogen) atoms. The summed E-state index contributed by atoms with van der Waals surface area (Å²) in [6, 6.07) is 1.12. The van der Waals surface area contributed by atoms with Crippen molar-refractivity contribution >= 4 is 18.3 Å². The number of pyridine rings is 1. The van der Waals surface area contributed by atoms with Gasteiger partial charge in [0.2, 0.25) is 0 Å². The van der Waals surface area contributed by atoms with Crippen molar-refractivity contribution in [2.75, 3.05) is 0 Å². The lowest BCUT2D eigenvalue weighted by atomic mass is 9.81. The summed E-state index contributed by atoms with van der Waals surface area (Å²) in [6.07, 6.45) is 0.767. The molecular formula is C5H3BF3N2O2-. The smallest absolute Gasteiger partial charge is 0.445 e. The summed E-state index contributed by atoms with van der Waals surface area (Å²) in [4.78, 5) is 12.3. The van der Waals surface area contributed by atoms with Crippen molar-refractivity contribution in [3.8, 4) is 0 Å². The van der Waals surface area contributed by atoms with E-state index in [-0.39, 0.29) is 0 Å². The van der Waals surface area contributed by atoms with Crippen molar-refractivity contribution in [3.63, 3.8) is 0 Å². The van der Waals surface area contributed by atoms with E-state index in [4.69, 9.17) is 0 Å². The molecule has 0 aliphatic heterocycles. The first kappa shape index (κ1) is 9.49. The highest BCUT2D eigenvalue weighted by atomic mass is 19.4. The number of aromatic nitrogens is 1. The average molecular weight is 191 g/mol. The number of hydrogen-bond acceptors (Lipinski definition) is 3. The fraction of sp³-hybridized carbons (Fsp3) is 0. The van der Waals surface area contributed by atoms with Gasteiger partial charge in [-0.2, -0.15) is 0 Å². The molecule has 0 aliphatic carbocycles. The van der Waals surface area contributed by atoms with Gasteiger partial charge >= 0.3 is 12.8 Å². The molecule has 0 atom stereocenters. The zero-order valence-electron chi connectivity index (χ0n) is 6.15. The van der Waals surface area contributed by atoms with E-state index in [9.17, 15) is 23.1 Å². The SMILES string of the molecule is O=[N+]([O-])c1cc([B-](F)(F)F)ccn1. The molecule has 0 saturated carbocycles. The van der Waals surface area contributed by atoms with Crippen molar-refractivity contribution in [2.24, 2.45) is 0 Å². The van der Waals surface area contributed by atoms with Gasteiger partial charge in [-0.1, -0.05) is 5.46 Å². The van der Waals surface area contributed by atoms with Gasteiger partial charge in [0.15, 0.2) is 0 Å². The normalized spacial score (nSPS) is 11.3. The third-order valence-electron chi connectivity index (χ3n) is 1.33. The van der Waals surface area contributed by atoms with Crippen molar-refractivity contribution in [2.45, 2.75) is 0 Å². The molecule has 0 radical (unpaired) electrons. The number of halogens is 3. The van der Waals surface area contributed by atoms with Gasteiger partial charge in [0, 0.05) is 6.07 Å². The Morgan fingerprint density at radius 1 is 1.46 bits per heavy atom. The van der Waals surface area contributed by atoms with E-state index in [0.29, 0.717) is 12.1 Å². The fourth-order valence-corrected chi connectivity index (χ4v) is 0.738. The Morgan fingerprint density at radius 2 is 2.08 bits per heavy atom. The Morgan fingerprint density at radius 3 is 2.54 bits per heavy atom. The number of hydrogen-bond donors (Lipinski definition) is 0. The van der Waals surface area contributed by atoms with Crippen LogP contribution in [0.2, 0.25) is 0 Å². The van der Waals surface area contributed by atoms with Crippen LogP contribution in [0.15, 0.2) is 18.3 Å². The molecule has 1 heterocycles. The molecule has 0 saturated heterocycles. The van der Waals surface area contributed by atoms with Crippen LogP contribution < -0.4 is 5.46 Å². The molecule has 70 valence electrons. The fourth-order valence-electron chi connectivity index (χ4n) is 0.738. The Bertz CT molecular complexity index is 341. The van der Waals surface area contributed by atoms with Crippen molar-refractivity contribution < 1.29 is 17.9 Å². The Hall–Kier alpha value is -1.60. The topological polar surface area (TPSA) is 56.0 Å². The Balaban J connectivity index is 3.13. The van der Waals surface area contributed by atoms with Gasteiger partial charge in [0.25, 0.3) is 0 Å². The maximum Gasteiger partial charge on any atom is 0.510 e. The van der Waals surface area contributed by atoms with E-state index < -0.39 is 23.2 Å². The van der Waals surface area contributed by atoms with E-state index in [2.05, 4.69) is 4.98 Å². The van der Waals surface area contributed by atoms with Crippen LogP contribution >= 0.6 is 0 Å². The highest BCUT2D eigenvalue weighted by Crippen LogP contribution is 2.11. The van der Waals surface area contributed by atoms with E-state index in [0.717, 1.165) is 6.20 Å². The second-order valence-electron chi connectivity index (χ2n) is 2.28. The minimum Gasteiger partial charge on any atom is -0.445 e. The van der Waals surface area contributed by atoms with E-state index in [1.807, 2.05) is 0 Å². The van der Waals surface area contributed by atoms with E-state index in [1.165, 1.54) is 0 Å². The summed E-state index contributed by atoms with van der Waals surface area (Å²) in [7, 11) is 0. The standard InChI is InChI=1S/C5H3BF3N2O2/c7-6(8,9)4-1-2-10-5(3-4)11(12)13/h1-3H/q-1. The molecule has 8 heteroatoms. The first-order valence-corrected chi connectivity index (χ1v) is 3.21. The molecule has 0 N–H and O–H groups in total. The third-order valence-corrected chi connectivity index (χ3v) is 1.33. The quantitative estimate of drug-likeness (QED) is 0.398. The molecule has 0 bridgehead atoms. The minimum atomic E-state index is -5.20. The summed E-state index contributed by atoms with van der Waals surface area (Å²) in [6.45, 7) is -5.20. The van der Waals surface area contributed by atoms with Crippen LogP contribution in [0.5, 0.6) is 0 Å². The molecule has 1 aromatic heterocycles. The Labute approximate surface area is 70.6 Å². The van der Waals surface area contributed by atoms with Gasteiger partial charge in [-0.3, -0.25) is 0 Å². The van der Waals surface area contributed by atoms with Gasteiger partial charge in [0.1, 0.15) is 6.20 Å². The number of rotatable bonds is 2. The maximum absolute atomic E-state index is 12.0. The molecule has 1 rings (SSSR count). The zero-order chi connectivity index (χ0) is 10.1. The van der Waals surface area contributed by atoms with Gasteiger partial charge in [0.05, 0.1) is 0 Å². The first-order valence-electron chi connectivity index (χ1n) is 3.21. The number of nitro groups is 1. The second-order valence-corrected chi connectivity index (χ2v) is 2.28. The largest absolute Gasteiger partial charge is 0.510 e. The molecule has 0 spiro atoms. The summed E-state index contributed by atoms with van der Waals surface area (Å²) >= 11 is 0. The molecule has 1 aromatic rings. The number of nitrogens with zero attached hydrogens (tertiary/aromatic N) is 2. The molecule has 0 fully saturated rings. The van der Waals surface area contributed by atoms with Gasteiger partial charge in [-0.05, 0) is 16.0 Å². The lowest BCUT2D eigenvalue weighted by Gasteiger charge is -2.12. The monoisotopic (exact) mass is 191 g/mol. The van der Waals surface area contributed by atoms with E-state index >= 15 is 0 Å². The Kier molecular flexibility index (Phi) is 2.22. The average Bonchev–Trinajstić information content (AvgIpc) is 2.03. The summed E-state index contributed by atoms with van der Waals surface area (Å²) in [5, 5.41) is 10.1. The lowest BCUT2D eigenvalue weighted by Crippen LogP contribution is -2.34. The van der Waals surface area contributed by atoms with Crippen molar-refractivity contribution in [3.05, 3.63) is 28.4 Å². The highest BCUT2D eigenvalue weighted by molar-refractivity contribution is 6.73. The first-order chi connectivity index (χ1) is 5.91. The van der Waals surface area contributed by atoms with Gasteiger partial charge in [-0.15, -0.1) is 0 Å². The minimum absolute atomic E-state index is 0.417. The van der Waals surface area contributed by atoms with Gasteiger partial charge < -0.3 is 23.1 Å². The van der Waals surface area contributed by atoms with Crippen LogP contribution in [0.1, 0.15) is 0 Å². The predicted molar refractivity (Wildman–Crippen MR) is 39.6 cm³/mol. The second kappa shape index (κ2) is 3.04. The van der Waals surface area contributed by atoms with Crippen LogP contribution in [0.4, 0.5) is 18.8 Å². The van der Waals surface area contributed by atoms with Gasteiger partial charge in [-0.25, -0.2) is 0 Å². The van der Waals surface area contributed by atoms with Crippen LogP contribution in [0.3, 0.4) is 0 Å². The summed E-state index contributed by atoms with van der Waals surface area (Å²) in [5.41, 5.74) is -1.01. The molecule has 0 unspecified atom stereocenters. The van der Waals surface area contributed by atoms with Crippen molar-refractivity contribution in [1.82, 2.24) is 4.98 Å². The van der Waals surface area contributed by atoms with Crippen LogP contribution in [-0.4, -0.2) is 16.9 Å². The van der Waals surface area contributed by atoms with Crippen LogP contribution in [-0.2, 0) is 0 Å². The molecular weight excluding hydrogens is 188 g/mol. The third kappa shape index (κ3) is 2.17. The van der Waals surface area contributed by atoms with Crippen LogP contribution in [0, 0.1) is 10.1 Å². The van der Waals surface area contributed by atoms with Crippen LogP contribution in [0.25, 0.3) is 0 Å². The molecule has 4 nitrogen and oxygen atoms in total. The lowest BCUT2D eigenvalue weighted by molar-refractivity contribution is -0.389. The molecule has 0 aromatic carbocycles. The van der Waals surface area contributed by atoms with E-state index in [1.54, 1.807) is 0 Å². The maximum atomic E-state index is 12.0. The highest BCUT2D eigenvalue weighted by Gasteiger charge is 2.27. The molecule has 0 amide bonds. The van der Waals surface area contributed by atoms with Crippen molar-refractivity contribution in [1.29, 1.82) is 0 Å². The zero-order valence-corrected chi connectivity index (χ0v) is 6.15. The predicted octanol–water partition coefficient (Wildman–Crippen LogP) is 1.04. The summed E-state index contributed by atoms with van der Waals surface area (Å²) < 4.78 is 36.1. The summed E-state index contributed by atoms with van der Waals surface area (Å²) in [5.74, 6) is -0.795.